The maximum atomic E-state index is 3.72. The van der Waals surface area contributed by atoms with Crippen LogP contribution in [-0.2, 0) is 5.41 Å². The van der Waals surface area contributed by atoms with Crippen LogP contribution in [0.2, 0.25) is 0 Å². The van der Waals surface area contributed by atoms with E-state index in [1.165, 1.54) is 41.3 Å². The van der Waals surface area contributed by atoms with Gasteiger partial charge in [0, 0.05) is 9.89 Å². The van der Waals surface area contributed by atoms with Gasteiger partial charge in [0.2, 0.25) is 0 Å². The first-order valence-corrected chi connectivity index (χ1v) is 10.1. The van der Waals surface area contributed by atoms with Gasteiger partial charge < -0.3 is 0 Å². The fourth-order valence-corrected chi connectivity index (χ4v) is 4.52. The third-order valence-corrected chi connectivity index (χ3v) is 6.02. The van der Waals surface area contributed by atoms with Gasteiger partial charge in [-0.2, -0.15) is 0 Å². The molecule has 24 heavy (non-hydrogen) atoms. The average molecular weight is 385 g/mol. The summed E-state index contributed by atoms with van der Waals surface area (Å²) < 4.78 is 1.20. The van der Waals surface area contributed by atoms with Gasteiger partial charge in [-0.25, -0.2) is 0 Å². The van der Waals surface area contributed by atoms with E-state index in [-0.39, 0.29) is 5.41 Å². The van der Waals surface area contributed by atoms with Crippen molar-refractivity contribution in [3.63, 3.8) is 0 Å². The van der Waals surface area contributed by atoms with E-state index in [0.717, 1.165) is 11.8 Å². The Morgan fingerprint density at radius 3 is 2.00 bits per heavy atom. The number of hydrogen-bond donors (Lipinski definition) is 0. The normalized spacial score (nSPS) is 15.0. The van der Waals surface area contributed by atoms with Crippen molar-refractivity contribution in [2.45, 2.75) is 58.8 Å². The topological polar surface area (TPSA) is 0 Å². The van der Waals surface area contributed by atoms with E-state index in [9.17, 15) is 0 Å². The van der Waals surface area contributed by atoms with Crippen LogP contribution in [0.3, 0.4) is 0 Å². The molecule has 0 unspecified atom stereocenters. The number of halogens is 1. The molecule has 0 nitrogen and oxygen atoms in total. The van der Waals surface area contributed by atoms with Crippen molar-refractivity contribution in [1.29, 1.82) is 0 Å². The highest BCUT2D eigenvalue weighted by Crippen LogP contribution is 2.54. The van der Waals surface area contributed by atoms with Gasteiger partial charge in [0.1, 0.15) is 0 Å². The Morgan fingerprint density at radius 1 is 0.792 bits per heavy atom. The van der Waals surface area contributed by atoms with Crippen LogP contribution in [0.15, 0.2) is 46.9 Å². The van der Waals surface area contributed by atoms with E-state index in [0.29, 0.717) is 0 Å². The summed E-state index contributed by atoms with van der Waals surface area (Å²) in [5, 5.41) is 0. The second-order valence-corrected chi connectivity index (χ2v) is 9.10. The minimum Gasteiger partial charge on any atom is -0.0628 e. The summed E-state index contributed by atoms with van der Waals surface area (Å²) in [5.74, 6) is 1.48. The summed E-state index contributed by atoms with van der Waals surface area (Å²) in [6.07, 6.45) is 5.05. The van der Waals surface area contributed by atoms with Gasteiger partial charge in [0.25, 0.3) is 0 Å². The van der Waals surface area contributed by atoms with Gasteiger partial charge in [-0.1, -0.05) is 74.0 Å². The molecule has 0 fully saturated rings. The van der Waals surface area contributed by atoms with Crippen LogP contribution in [0.1, 0.15) is 64.5 Å². The molecular weight excluding hydrogens is 356 g/mol. The Bertz CT molecular complexity index is 700. The van der Waals surface area contributed by atoms with E-state index < -0.39 is 0 Å². The van der Waals surface area contributed by atoms with Crippen molar-refractivity contribution in [1.82, 2.24) is 0 Å². The monoisotopic (exact) mass is 384 g/mol. The molecule has 0 heterocycles. The molecule has 0 aromatic heterocycles. The Hall–Kier alpha value is -1.08. The largest absolute Gasteiger partial charge is 0.0628 e. The standard InChI is InChI=1S/C23H29Br/c1-16(2)11-13-23(14-12-17(3)4)21-8-6-5-7-19(21)20-10-9-18(24)15-22(20)23/h5-10,15-17H,11-14H2,1-4H3. The van der Waals surface area contributed by atoms with Gasteiger partial charge in [0.15, 0.2) is 0 Å². The molecule has 0 saturated carbocycles. The lowest BCUT2D eigenvalue weighted by molar-refractivity contribution is 0.364. The van der Waals surface area contributed by atoms with E-state index in [2.05, 4.69) is 86.1 Å². The Balaban J connectivity index is 2.16. The molecule has 2 aromatic rings. The summed E-state index contributed by atoms with van der Waals surface area (Å²) in [5.41, 5.74) is 6.18. The molecule has 0 bridgehead atoms. The highest BCUT2D eigenvalue weighted by molar-refractivity contribution is 9.10. The minimum absolute atomic E-state index is 0.185. The van der Waals surface area contributed by atoms with Crippen LogP contribution in [0.4, 0.5) is 0 Å². The van der Waals surface area contributed by atoms with Gasteiger partial charge in [-0.05, 0) is 71.9 Å². The molecule has 128 valence electrons. The quantitative estimate of drug-likeness (QED) is 0.480. The lowest BCUT2D eigenvalue weighted by Crippen LogP contribution is -2.26. The van der Waals surface area contributed by atoms with Gasteiger partial charge in [-0.3, -0.25) is 0 Å². The number of benzene rings is 2. The molecule has 1 aliphatic carbocycles. The molecule has 3 rings (SSSR count). The lowest BCUT2D eigenvalue weighted by Gasteiger charge is -2.34. The van der Waals surface area contributed by atoms with Gasteiger partial charge in [0.05, 0.1) is 0 Å². The summed E-state index contributed by atoms with van der Waals surface area (Å²) in [6.45, 7) is 9.38. The van der Waals surface area contributed by atoms with E-state index in [4.69, 9.17) is 0 Å². The zero-order valence-electron chi connectivity index (χ0n) is 15.4. The second kappa shape index (κ2) is 7.04. The van der Waals surface area contributed by atoms with Gasteiger partial charge in [-0.15, -0.1) is 0 Å². The molecule has 0 N–H and O–H groups in total. The smallest absolute Gasteiger partial charge is 0.0215 e. The van der Waals surface area contributed by atoms with Crippen molar-refractivity contribution in [2.75, 3.05) is 0 Å². The fourth-order valence-electron chi connectivity index (χ4n) is 4.16. The number of rotatable bonds is 6. The van der Waals surface area contributed by atoms with Crippen LogP contribution >= 0.6 is 15.9 Å². The van der Waals surface area contributed by atoms with Crippen LogP contribution in [-0.4, -0.2) is 0 Å². The predicted molar refractivity (Wildman–Crippen MR) is 109 cm³/mol. The summed E-state index contributed by atoms with van der Waals surface area (Å²) in [4.78, 5) is 0. The summed E-state index contributed by atoms with van der Waals surface area (Å²) in [7, 11) is 0. The molecule has 0 atom stereocenters. The van der Waals surface area contributed by atoms with Crippen LogP contribution < -0.4 is 0 Å². The molecule has 0 amide bonds. The Morgan fingerprint density at radius 2 is 1.38 bits per heavy atom. The van der Waals surface area contributed by atoms with Crippen molar-refractivity contribution in [2.24, 2.45) is 11.8 Å². The maximum Gasteiger partial charge on any atom is 0.0215 e. The van der Waals surface area contributed by atoms with Crippen LogP contribution in [0.5, 0.6) is 0 Å². The van der Waals surface area contributed by atoms with Crippen molar-refractivity contribution >= 4 is 15.9 Å². The highest BCUT2D eigenvalue weighted by atomic mass is 79.9. The number of hydrogen-bond acceptors (Lipinski definition) is 0. The predicted octanol–water partition coefficient (Wildman–Crippen LogP) is 7.59. The first-order chi connectivity index (χ1) is 11.4. The van der Waals surface area contributed by atoms with Gasteiger partial charge >= 0.3 is 0 Å². The SMILES string of the molecule is CC(C)CCC1(CCC(C)C)c2ccccc2-c2ccc(Br)cc21. The van der Waals surface area contributed by atoms with E-state index >= 15 is 0 Å². The number of fused-ring (bicyclic) bond motifs is 3. The van der Waals surface area contributed by atoms with E-state index in [1.54, 1.807) is 11.1 Å². The van der Waals surface area contributed by atoms with Crippen molar-refractivity contribution in [3.05, 3.63) is 58.1 Å². The van der Waals surface area contributed by atoms with Crippen LogP contribution in [0, 0.1) is 11.8 Å². The first-order valence-electron chi connectivity index (χ1n) is 9.34. The molecule has 0 spiro atoms. The molecule has 1 heteroatoms. The molecule has 2 aromatic carbocycles. The zero-order chi connectivity index (χ0) is 17.3. The minimum atomic E-state index is 0.185. The molecule has 0 aliphatic heterocycles. The maximum absolute atomic E-state index is 3.72. The van der Waals surface area contributed by atoms with Crippen molar-refractivity contribution < 1.29 is 0 Å². The Kier molecular flexibility index (Phi) is 5.20. The average Bonchev–Trinajstić information content (AvgIpc) is 2.81. The van der Waals surface area contributed by atoms with Crippen molar-refractivity contribution in [3.8, 4) is 11.1 Å². The van der Waals surface area contributed by atoms with E-state index in [1.807, 2.05) is 0 Å². The third kappa shape index (κ3) is 3.20. The second-order valence-electron chi connectivity index (χ2n) is 8.18. The fraction of sp³-hybridized carbons (Fsp3) is 0.478. The first kappa shape index (κ1) is 17.7. The third-order valence-electron chi connectivity index (χ3n) is 5.53. The molecule has 1 aliphatic rings. The highest BCUT2D eigenvalue weighted by Gasteiger charge is 2.42. The molecule has 0 radical (unpaired) electrons. The lowest BCUT2D eigenvalue weighted by atomic mass is 9.69. The molecular formula is C23H29Br. The Labute approximate surface area is 155 Å². The summed E-state index contributed by atoms with van der Waals surface area (Å²) in [6, 6.07) is 16.0. The molecule has 0 saturated heterocycles. The van der Waals surface area contributed by atoms with Crippen LogP contribution in [0.25, 0.3) is 11.1 Å². The zero-order valence-corrected chi connectivity index (χ0v) is 17.0. The summed E-state index contributed by atoms with van der Waals surface area (Å²) >= 11 is 3.72.